The van der Waals surface area contributed by atoms with Gasteiger partial charge < -0.3 is 20.3 Å². The first-order valence-electron chi connectivity index (χ1n) is 12.5. The van der Waals surface area contributed by atoms with Crippen LogP contribution in [0.1, 0.15) is 37.4 Å². The molecule has 0 radical (unpaired) electrons. The van der Waals surface area contributed by atoms with E-state index in [-0.39, 0.29) is 18.7 Å². The number of hydrogen-bond acceptors (Lipinski definition) is 3. The van der Waals surface area contributed by atoms with Gasteiger partial charge in [0.05, 0.1) is 22.2 Å². The summed E-state index contributed by atoms with van der Waals surface area (Å²) in [4.78, 5) is 25.0. The van der Waals surface area contributed by atoms with Crippen molar-refractivity contribution >= 4 is 45.8 Å². The number of aromatic nitrogens is 1. The van der Waals surface area contributed by atoms with Gasteiger partial charge in [0.25, 0.3) is 5.91 Å². The van der Waals surface area contributed by atoms with Gasteiger partial charge >= 0.3 is 12.1 Å². The molecule has 0 aliphatic rings. The molecule has 0 aliphatic carbocycles. The number of anilines is 2. The van der Waals surface area contributed by atoms with E-state index in [2.05, 4.69) is 10.6 Å². The highest BCUT2D eigenvalue weighted by Gasteiger charge is 2.30. The summed E-state index contributed by atoms with van der Waals surface area (Å²) in [7, 11) is 0. The van der Waals surface area contributed by atoms with Gasteiger partial charge in [-0.1, -0.05) is 41.9 Å². The number of alkyl halides is 3. The fraction of sp³-hybridized carbons (Fsp3) is 0.0968. The van der Waals surface area contributed by atoms with Crippen LogP contribution in [0.3, 0.4) is 0 Å². The van der Waals surface area contributed by atoms with Crippen LogP contribution >= 0.6 is 11.6 Å². The lowest BCUT2D eigenvalue weighted by Gasteiger charge is -2.15. The predicted molar refractivity (Wildman–Crippen MR) is 152 cm³/mol. The Bertz CT molecular complexity index is 1730. The predicted octanol–water partition coefficient (Wildman–Crippen LogP) is 7.73. The lowest BCUT2D eigenvalue weighted by Crippen LogP contribution is -2.24. The number of carbonyl (C=O) groups is 2. The number of nitrogens with one attached hydrogen (secondary N) is 2. The maximum Gasteiger partial charge on any atom is 0.416 e. The molecule has 0 unspecified atom stereocenters. The molecule has 1 heterocycles. The zero-order valence-electron chi connectivity index (χ0n) is 21.4. The topological polar surface area (TPSA) is 83.4 Å². The summed E-state index contributed by atoms with van der Waals surface area (Å²) in [5, 5.41) is 16.9. The molecule has 0 fully saturated rings. The number of hydrogen-bond donors (Lipinski definition) is 3. The molecule has 3 N–H and O–H groups in total. The van der Waals surface area contributed by atoms with Crippen molar-refractivity contribution < 1.29 is 27.9 Å². The summed E-state index contributed by atoms with van der Waals surface area (Å²) >= 11 is 6.01. The highest BCUT2D eigenvalue weighted by molar-refractivity contribution is 6.30. The molecular formula is C31H23ClF3N3O3. The van der Waals surface area contributed by atoms with Crippen molar-refractivity contribution in [3.05, 3.63) is 130 Å². The average Bonchev–Trinajstić information content (AvgIpc) is 3.37. The van der Waals surface area contributed by atoms with Crippen LogP contribution in [-0.4, -0.2) is 21.6 Å². The Morgan fingerprint density at radius 1 is 0.854 bits per heavy atom. The van der Waals surface area contributed by atoms with Crippen LogP contribution in [0.25, 0.3) is 10.9 Å². The van der Waals surface area contributed by atoms with Crippen LogP contribution in [0.2, 0.25) is 5.02 Å². The lowest BCUT2D eigenvalue weighted by molar-refractivity contribution is -0.137. The zero-order chi connectivity index (χ0) is 29.1. The molecule has 0 atom stereocenters. The van der Waals surface area contributed by atoms with Gasteiger partial charge in [-0.3, -0.25) is 4.79 Å². The van der Waals surface area contributed by atoms with Crippen LogP contribution in [0, 0.1) is 0 Å². The molecule has 6 nitrogen and oxygen atoms in total. The van der Waals surface area contributed by atoms with Crippen LogP contribution in [0.4, 0.5) is 24.5 Å². The minimum atomic E-state index is -4.44. The fourth-order valence-corrected chi connectivity index (χ4v) is 4.71. The average molecular weight is 578 g/mol. The third-order valence-electron chi connectivity index (χ3n) is 6.61. The maximum absolute atomic E-state index is 13.4. The molecule has 4 aromatic carbocycles. The number of fused-ring (bicyclic) bond motifs is 1. The summed E-state index contributed by atoms with van der Waals surface area (Å²) < 4.78 is 41.0. The number of rotatable bonds is 8. The van der Waals surface area contributed by atoms with E-state index in [1.54, 1.807) is 53.2 Å². The van der Waals surface area contributed by atoms with Crippen molar-refractivity contribution in [2.75, 3.05) is 5.32 Å². The molecule has 208 valence electrons. The SMILES string of the molecule is O=C(O)c1ccccc1CNC(=O)c1ccc(Nc2ccc(Cl)cc2)c2ccn(Cc3ccc(C(F)(F)F)cc3)c12. The summed E-state index contributed by atoms with van der Waals surface area (Å²) in [5.41, 5.74) is 2.79. The second-order valence-corrected chi connectivity index (χ2v) is 9.77. The molecule has 5 aromatic rings. The van der Waals surface area contributed by atoms with E-state index in [0.717, 1.165) is 17.8 Å². The molecule has 0 spiro atoms. The Balaban J connectivity index is 1.50. The van der Waals surface area contributed by atoms with Gasteiger partial charge in [0.15, 0.2) is 0 Å². The number of carbonyl (C=O) groups excluding carboxylic acids is 1. The van der Waals surface area contributed by atoms with Crippen molar-refractivity contribution in [3.63, 3.8) is 0 Å². The number of aromatic carboxylic acids is 1. The minimum Gasteiger partial charge on any atom is -0.478 e. The molecule has 0 bridgehead atoms. The number of nitrogens with zero attached hydrogens (tertiary/aromatic N) is 1. The van der Waals surface area contributed by atoms with E-state index in [4.69, 9.17) is 11.6 Å². The van der Waals surface area contributed by atoms with Crippen molar-refractivity contribution in [1.82, 2.24) is 9.88 Å². The maximum atomic E-state index is 13.4. The second-order valence-electron chi connectivity index (χ2n) is 9.34. The Labute approximate surface area is 238 Å². The van der Waals surface area contributed by atoms with Gasteiger partial charge in [-0.2, -0.15) is 13.2 Å². The normalized spacial score (nSPS) is 11.4. The molecule has 1 amide bonds. The lowest BCUT2D eigenvalue weighted by atomic mass is 10.1. The first-order valence-corrected chi connectivity index (χ1v) is 12.9. The van der Waals surface area contributed by atoms with Gasteiger partial charge in [0, 0.05) is 41.1 Å². The molecule has 10 heteroatoms. The van der Waals surface area contributed by atoms with Crippen molar-refractivity contribution in [2.45, 2.75) is 19.3 Å². The largest absolute Gasteiger partial charge is 0.478 e. The number of amides is 1. The highest BCUT2D eigenvalue weighted by atomic mass is 35.5. The van der Waals surface area contributed by atoms with Gasteiger partial charge in [-0.15, -0.1) is 0 Å². The third kappa shape index (κ3) is 6.20. The summed E-state index contributed by atoms with van der Waals surface area (Å²) in [6.07, 6.45) is -2.67. The van der Waals surface area contributed by atoms with Crippen LogP contribution in [0.5, 0.6) is 0 Å². The standard InChI is InChI=1S/C31H23ClF3N3O3/c32-22-9-11-23(12-10-22)37-27-14-13-26(29(39)36-17-20-3-1-2-4-24(20)30(40)41)28-25(27)15-16-38(28)18-19-5-7-21(8-6-19)31(33,34)35/h1-16,37H,17-18H2,(H,36,39)(H,40,41). The molecule has 0 saturated carbocycles. The Hall–Kier alpha value is -4.76. The van der Waals surface area contributed by atoms with Crippen molar-refractivity contribution in [2.24, 2.45) is 0 Å². The monoisotopic (exact) mass is 577 g/mol. The first kappa shape index (κ1) is 27.8. The van der Waals surface area contributed by atoms with Crippen LogP contribution in [-0.2, 0) is 19.3 Å². The van der Waals surface area contributed by atoms with Crippen LogP contribution in [0.15, 0.2) is 97.2 Å². The molecule has 1 aromatic heterocycles. The van der Waals surface area contributed by atoms with E-state index in [9.17, 15) is 27.9 Å². The number of carboxylic acids is 1. The Kier molecular flexibility index (Phi) is 7.72. The molecule has 0 saturated heterocycles. The minimum absolute atomic E-state index is 0.00676. The molecular weight excluding hydrogens is 555 g/mol. The second kappa shape index (κ2) is 11.4. The van der Waals surface area contributed by atoms with Crippen molar-refractivity contribution in [3.8, 4) is 0 Å². The number of halogens is 4. The highest BCUT2D eigenvalue weighted by Crippen LogP contribution is 2.32. The van der Waals surface area contributed by atoms with E-state index < -0.39 is 23.6 Å². The van der Waals surface area contributed by atoms with E-state index in [0.29, 0.717) is 38.3 Å². The fourth-order valence-electron chi connectivity index (χ4n) is 4.59. The summed E-state index contributed by atoms with van der Waals surface area (Å²) in [6.45, 7) is 0.210. The van der Waals surface area contributed by atoms with Crippen LogP contribution < -0.4 is 10.6 Å². The quantitative estimate of drug-likeness (QED) is 0.176. The molecule has 41 heavy (non-hydrogen) atoms. The number of benzene rings is 4. The van der Waals surface area contributed by atoms with Gasteiger partial charge in [0.1, 0.15) is 0 Å². The zero-order valence-corrected chi connectivity index (χ0v) is 22.1. The van der Waals surface area contributed by atoms with Gasteiger partial charge in [-0.25, -0.2) is 4.79 Å². The molecule has 0 aliphatic heterocycles. The van der Waals surface area contributed by atoms with Crippen molar-refractivity contribution in [1.29, 1.82) is 0 Å². The summed E-state index contributed by atoms with van der Waals surface area (Å²) in [6, 6.07) is 23.6. The Morgan fingerprint density at radius 3 is 2.24 bits per heavy atom. The third-order valence-corrected chi connectivity index (χ3v) is 6.87. The first-order chi connectivity index (χ1) is 19.6. The van der Waals surface area contributed by atoms with E-state index in [1.165, 1.54) is 18.2 Å². The summed E-state index contributed by atoms with van der Waals surface area (Å²) in [5.74, 6) is -1.53. The van der Waals surface area contributed by atoms with E-state index >= 15 is 0 Å². The number of carboxylic acid groups (broad SMARTS) is 1. The van der Waals surface area contributed by atoms with Gasteiger partial charge in [0.2, 0.25) is 0 Å². The van der Waals surface area contributed by atoms with E-state index in [1.807, 2.05) is 18.2 Å². The Morgan fingerprint density at radius 2 is 1.56 bits per heavy atom. The van der Waals surface area contributed by atoms with Gasteiger partial charge in [-0.05, 0) is 71.8 Å². The molecule has 5 rings (SSSR count). The smallest absolute Gasteiger partial charge is 0.416 e.